The Morgan fingerprint density at radius 1 is 1.56 bits per heavy atom. The van der Waals surface area contributed by atoms with Crippen molar-refractivity contribution in [3.63, 3.8) is 0 Å². The summed E-state index contributed by atoms with van der Waals surface area (Å²) >= 11 is 0. The largest absolute Gasteiger partial charge is 0.462 e. The highest BCUT2D eigenvalue weighted by molar-refractivity contribution is 5.93. The number of nitrogens with zero attached hydrogens (tertiary/aromatic N) is 1. The molecule has 1 rings (SSSR count). The van der Waals surface area contributed by atoms with Crippen LogP contribution >= 0.6 is 0 Å². The van der Waals surface area contributed by atoms with E-state index in [4.69, 9.17) is 10.4 Å². The van der Waals surface area contributed by atoms with E-state index in [0.717, 1.165) is 6.07 Å². The maximum atomic E-state index is 12.9. The van der Waals surface area contributed by atoms with Crippen LogP contribution in [0.3, 0.4) is 0 Å². The molecule has 0 spiro atoms. The first-order chi connectivity index (χ1) is 8.54. The molecule has 18 heavy (non-hydrogen) atoms. The Kier molecular flexibility index (Phi) is 4.75. The van der Waals surface area contributed by atoms with Gasteiger partial charge in [0.25, 0.3) is 6.43 Å². The number of nitriles is 1. The number of benzene rings is 1. The highest BCUT2D eigenvalue weighted by Gasteiger charge is 2.23. The fourth-order valence-corrected chi connectivity index (χ4v) is 1.54. The molecule has 1 aromatic carbocycles. The zero-order valence-corrected chi connectivity index (χ0v) is 9.61. The summed E-state index contributed by atoms with van der Waals surface area (Å²) in [6.45, 7) is 0.956. The molecule has 6 heteroatoms. The third-order valence-electron chi connectivity index (χ3n) is 2.26. The quantitative estimate of drug-likeness (QED) is 0.837. The fourth-order valence-electron chi connectivity index (χ4n) is 1.54. The lowest BCUT2D eigenvalue weighted by Gasteiger charge is -2.12. The second-order valence-electron chi connectivity index (χ2n) is 3.39. The van der Waals surface area contributed by atoms with Gasteiger partial charge in [0.2, 0.25) is 0 Å². The Bertz CT molecular complexity index is 495. The highest BCUT2D eigenvalue weighted by Crippen LogP contribution is 2.28. The maximum absolute atomic E-state index is 12.9. The molecular formula is C12H11F2NO3. The molecule has 0 aliphatic carbocycles. The lowest BCUT2D eigenvalue weighted by molar-refractivity contribution is 0.0511. The molecule has 96 valence electrons. The minimum atomic E-state index is -2.93. The van der Waals surface area contributed by atoms with Crippen molar-refractivity contribution in [3.05, 3.63) is 34.4 Å². The molecule has 4 nitrogen and oxygen atoms in total. The van der Waals surface area contributed by atoms with Crippen LogP contribution in [0.5, 0.6) is 0 Å². The van der Waals surface area contributed by atoms with Gasteiger partial charge in [0.1, 0.15) is 0 Å². The number of carbonyl (C=O) groups excluding carboxylic acids is 1. The van der Waals surface area contributed by atoms with Crippen LogP contribution in [0.1, 0.15) is 40.4 Å². The van der Waals surface area contributed by atoms with Crippen LogP contribution in [0.2, 0.25) is 0 Å². The first kappa shape index (κ1) is 14.1. The summed E-state index contributed by atoms with van der Waals surface area (Å²) in [4.78, 5) is 11.6. The summed E-state index contributed by atoms with van der Waals surface area (Å²) in [7, 11) is 0. The van der Waals surface area contributed by atoms with E-state index >= 15 is 0 Å². The molecule has 0 radical (unpaired) electrons. The zero-order chi connectivity index (χ0) is 13.7. The molecular weight excluding hydrogens is 244 g/mol. The van der Waals surface area contributed by atoms with Gasteiger partial charge in [0.15, 0.2) is 0 Å². The second kappa shape index (κ2) is 6.07. The van der Waals surface area contributed by atoms with E-state index in [9.17, 15) is 13.6 Å². The van der Waals surface area contributed by atoms with Gasteiger partial charge in [-0.3, -0.25) is 0 Å². The standard InChI is InChI=1S/C12H11F2NO3/c1-2-18-12(17)10-8(6-16)3-7(5-15)4-9(10)11(13)14/h3-4,11,16H,2,6H2,1H3. The van der Waals surface area contributed by atoms with E-state index in [1.807, 2.05) is 0 Å². The Morgan fingerprint density at radius 3 is 2.67 bits per heavy atom. The lowest BCUT2D eigenvalue weighted by atomic mass is 9.98. The van der Waals surface area contributed by atoms with Gasteiger partial charge >= 0.3 is 5.97 Å². The number of ether oxygens (including phenoxy) is 1. The average Bonchev–Trinajstić information content (AvgIpc) is 2.37. The number of carbonyl (C=O) groups is 1. The van der Waals surface area contributed by atoms with Crippen molar-refractivity contribution in [2.24, 2.45) is 0 Å². The Hall–Kier alpha value is -2.00. The van der Waals surface area contributed by atoms with Crippen LogP contribution in [-0.2, 0) is 11.3 Å². The van der Waals surface area contributed by atoms with E-state index in [1.165, 1.54) is 6.07 Å². The van der Waals surface area contributed by atoms with Gasteiger partial charge in [-0.2, -0.15) is 5.26 Å². The number of rotatable bonds is 4. The summed E-state index contributed by atoms with van der Waals surface area (Å²) in [5.74, 6) is -0.929. The Balaban J connectivity index is 3.45. The summed E-state index contributed by atoms with van der Waals surface area (Å²) in [6.07, 6.45) is -2.93. The Labute approximate surface area is 102 Å². The predicted molar refractivity (Wildman–Crippen MR) is 58.0 cm³/mol. The third-order valence-corrected chi connectivity index (χ3v) is 2.26. The first-order valence-electron chi connectivity index (χ1n) is 5.18. The molecule has 0 aromatic heterocycles. The van der Waals surface area contributed by atoms with Crippen molar-refractivity contribution in [1.82, 2.24) is 0 Å². The number of hydrogen-bond donors (Lipinski definition) is 1. The lowest BCUT2D eigenvalue weighted by Crippen LogP contribution is -2.13. The summed E-state index contributed by atoms with van der Waals surface area (Å²) in [6, 6.07) is 3.82. The van der Waals surface area contributed by atoms with E-state index in [1.54, 1.807) is 13.0 Å². The number of aliphatic hydroxyl groups excluding tert-OH is 1. The number of hydrogen-bond acceptors (Lipinski definition) is 4. The van der Waals surface area contributed by atoms with Gasteiger partial charge < -0.3 is 9.84 Å². The van der Waals surface area contributed by atoms with Crippen LogP contribution in [0.15, 0.2) is 12.1 Å². The molecule has 0 amide bonds. The topological polar surface area (TPSA) is 70.3 Å². The minimum absolute atomic E-state index is 0.0341. The molecule has 0 bridgehead atoms. The van der Waals surface area contributed by atoms with E-state index < -0.39 is 24.6 Å². The smallest absolute Gasteiger partial charge is 0.338 e. The molecule has 0 aliphatic rings. The number of alkyl halides is 2. The average molecular weight is 255 g/mol. The minimum Gasteiger partial charge on any atom is -0.462 e. The van der Waals surface area contributed by atoms with Crippen LogP contribution in [-0.4, -0.2) is 17.7 Å². The van der Waals surface area contributed by atoms with Crippen molar-refractivity contribution in [2.75, 3.05) is 6.61 Å². The maximum Gasteiger partial charge on any atom is 0.338 e. The molecule has 0 atom stereocenters. The molecule has 0 aliphatic heterocycles. The van der Waals surface area contributed by atoms with Gasteiger partial charge in [-0.15, -0.1) is 0 Å². The summed E-state index contributed by atoms with van der Waals surface area (Å²) < 4.78 is 30.4. The third kappa shape index (κ3) is 2.81. The zero-order valence-electron chi connectivity index (χ0n) is 9.61. The molecule has 0 fully saturated rings. The molecule has 0 heterocycles. The van der Waals surface area contributed by atoms with Gasteiger partial charge in [-0.05, 0) is 24.6 Å². The van der Waals surface area contributed by atoms with E-state index in [-0.39, 0.29) is 23.3 Å². The van der Waals surface area contributed by atoms with Crippen molar-refractivity contribution < 1.29 is 23.4 Å². The highest BCUT2D eigenvalue weighted by atomic mass is 19.3. The molecule has 0 unspecified atom stereocenters. The molecule has 1 N–H and O–H groups in total. The van der Waals surface area contributed by atoms with Gasteiger partial charge in [-0.1, -0.05) is 0 Å². The monoisotopic (exact) mass is 255 g/mol. The Morgan fingerprint density at radius 2 is 2.22 bits per heavy atom. The molecule has 0 saturated heterocycles. The summed E-state index contributed by atoms with van der Waals surface area (Å²) in [5.41, 5.74) is -1.05. The van der Waals surface area contributed by atoms with Crippen molar-refractivity contribution >= 4 is 5.97 Å². The fraction of sp³-hybridized carbons (Fsp3) is 0.333. The van der Waals surface area contributed by atoms with Crippen LogP contribution in [0, 0.1) is 11.3 Å². The first-order valence-corrected chi connectivity index (χ1v) is 5.18. The SMILES string of the molecule is CCOC(=O)c1c(CO)cc(C#N)cc1C(F)F. The van der Waals surface area contributed by atoms with E-state index in [2.05, 4.69) is 4.74 Å². The normalized spacial score (nSPS) is 10.2. The number of esters is 1. The summed E-state index contributed by atoms with van der Waals surface area (Å²) in [5, 5.41) is 17.8. The molecule has 1 aromatic rings. The van der Waals surface area contributed by atoms with Crippen LogP contribution in [0.4, 0.5) is 8.78 Å². The second-order valence-corrected chi connectivity index (χ2v) is 3.39. The number of halogens is 2. The van der Waals surface area contributed by atoms with Gasteiger partial charge in [-0.25, -0.2) is 13.6 Å². The van der Waals surface area contributed by atoms with Crippen LogP contribution in [0.25, 0.3) is 0 Å². The number of aliphatic hydroxyl groups is 1. The van der Waals surface area contributed by atoms with Crippen molar-refractivity contribution in [3.8, 4) is 6.07 Å². The van der Waals surface area contributed by atoms with Gasteiger partial charge in [0, 0.05) is 5.56 Å². The van der Waals surface area contributed by atoms with Crippen molar-refractivity contribution in [1.29, 1.82) is 5.26 Å². The van der Waals surface area contributed by atoms with Crippen LogP contribution < -0.4 is 0 Å². The van der Waals surface area contributed by atoms with Crippen molar-refractivity contribution in [2.45, 2.75) is 20.0 Å². The van der Waals surface area contributed by atoms with Gasteiger partial charge in [0.05, 0.1) is 30.4 Å². The molecule has 0 saturated carbocycles. The predicted octanol–water partition coefficient (Wildman–Crippen LogP) is 2.16. The van der Waals surface area contributed by atoms with E-state index in [0.29, 0.717) is 0 Å².